The van der Waals surface area contributed by atoms with Crippen LogP contribution in [0.15, 0.2) is 41.8 Å². The second kappa shape index (κ2) is 10.2. The van der Waals surface area contributed by atoms with Crippen molar-refractivity contribution in [2.45, 2.75) is 12.6 Å². The van der Waals surface area contributed by atoms with Gasteiger partial charge in [0.1, 0.15) is 5.75 Å². The van der Waals surface area contributed by atoms with Gasteiger partial charge in [-0.3, -0.25) is 14.5 Å². The van der Waals surface area contributed by atoms with Gasteiger partial charge in [0.2, 0.25) is 0 Å². The van der Waals surface area contributed by atoms with Crippen molar-refractivity contribution in [3.05, 3.63) is 52.2 Å². The molecule has 0 bridgehead atoms. The Labute approximate surface area is 168 Å². The minimum absolute atomic E-state index is 0.0620. The second-order valence-corrected chi connectivity index (χ2v) is 7.45. The molecule has 0 radical (unpaired) electrons. The summed E-state index contributed by atoms with van der Waals surface area (Å²) in [5.41, 5.74) is 1.03. The molecule has 8 heteroatoms. The lowest BCUT2D eigenvalue weighted by Crippen LogP contribution is -2.46. The Kier molecular flexibility index (Phi) is 7.41. The van der Waals surface area contributed by atoms with Gasteiger partial charge < -0.3 is 20.1 Å². The number of hydrogen-bond donors (Lipinski definition) is 2. The standard InChI is InChI=1S/C20H25N3O4S/c1-26-16-5-2-4-15(12-16)18(23-7-9-27-10-8-23)14-22-20(25)19(24)21-13-17-6-3-11-28-17/h2-6,11-12,18H,7-10,13-14H2,1H3,(H,21,24)(H,22,25). The number of rotatable bonds is 7. The molecule has 7 nitrogen and oxygen atoms in total. The highest BCUT2D eigenvalue weighted by Gasteiger charge is 2.24. The Morgan fingerprint density at radius 1 is 1.18 bits per heavy atom. The Bertz CT molecular complexity index is 776. The molecule has 1 unspecified atom stereocenters. The molecule has 0 spiro atoms. The van der Waals surface area contributed by atoms with E-state index in [1.165, 1.54) is 11.3 Å². The molecule has 1 aliphatic heterocycles. The van der Waals surface area contributed by atoms with Crippen molar-refractivity contribution in [2.75, 3.05) is 40.0 Å². The number of thiophene rings is 1. The fourth-order valence-electron chi connectivity index (χ4n) is 3.13. The predicted octanol–water partition coefficient (Wildman–Crippen LogP) is 1.56. The van der Waals surface area contributed by atoms with Crippen LogP contribution in [-0.4, -0.2) is 56.7 Å². The molecule has 2 N–H and O–H groups in total. The van der Waals surface area contributed by atoms with E-state index in [0.29, 0.717) is 26.3 Å². The Hall–Kier alpha value is -2.42. The van der Waals surface area contributed by atoms with Crippen molar-refractivity contribution in [1.29, 1.82) is 0 Å². The second-order valence-electron chi connectivity index (χ2n) is 6.41. The maximum atomic E-state index is 12.3. The van der Waals surface area contributed by atoms with Crippen molar-refractivity contribution in [3.8, 4) is 5.75 Å². The van der Waals surface area contributed by atoms with Gasteiger partial charge in [0.05, 0.1) is 32.9 Å². The smallest absolute Gasteiger partial charge is 0.309 e. The van der Waals surface area contributed by atoms with E-state index in [2.05, 4.69) is 15.5 Å². The molecular formula is C20H25N3O4S. The van der Waals surface area contributed by atoms with Crippen LogP contribution in [0.2, 0.25) is 0 Å². The lowest BCUT2D eigenvalue weighted by Gasteiger charge is -2.35. The van der Waals surface area contributed by atoms with Gasteiger partial charge in [0, 0.05) is 24.5 Å². The minimum atomic E-state index is -0.627. The number of carbonyl (C=O) groups excluding carboxylic acids is 2. The Balaban J connectivity index is 1.61. The lowest BCUT2D eigenvalue weighted by atomic mass is 10.0. The predicted molar refractivity (Wildman–Crippen MR) is 107 cm³/mol. The fraction of sp³-hybridized carbons (Fsp3) is 0.400. The Morgan fingerprint density at radius 3 is 2.68 bits per heavy atom. The van der Waals surface area contributed by atoms with Crippen molar-refractivity contribution in [2.24, 2.45) is 0 Å². The number of methoxy groups -OCH3 is 1. The van der Waals surface area contributed by atoms with E-state index in [9.17, 15) is 9.59 Å². The van der Waals surface area contributed by atoms with Crippen LogP contribution in [-0.2, 0) is 20.9 Å². The zero-order chi connectivity index (χ0) is 19.8. The van der Waals surface area contributed by atoms with Crippen LogP contribution in [0.1, 0.15) is 16.5 Å². The van der Waals surface area contributed by atoms with E-state index in [0.717, 1.165) is 29.3 Å². The molecular weight excluding hydrogens is 378 g/mol. The van der Waals surface area contributed by atoms with Gasteiger partial charge in [-0.05, 0) is 29.1 Å². The highest BCUT2D eigenvalue weighted by molar-refractivity contribution is 7.09. The number of carbonyl (C=O) groups is 2. The number of hydrogen-bond acceptors (Lipinski definition) is 6. The summed E-state index contributed by atoms with van der Waals surface area (Å²) in [7, 11) is 1.63. The first-order valence-corrected chi connectivity index (χ1v) is 10.1. The van der Waals surface area contributed by atoms with E-state index < -0.39 is 11.8 Å². The summed E-state index contributed by atoms with van der Waals surface area (Å²) in [6, 6.07) is 11.5. The number of nitrogens with zero attached hydrogens (tertiary/aromatic N) is 1. The third-order valence-corrected chi connectivity index (χ3v) is 5.51. The molecule has 0 saturated carbocycles. The van der Waals surface area contributed by atoms with Crippen LogP contribution >= 0.6 is 11.3 Å². The quantitative estimate of drug-likeness (QED) is 0.686. The summed E-state index contributed by atoms with van der Waals surface area (Å²) in [6.07, 6.45) is 0. The average Bonchev–Trinajstić information content (AvgIpc) is 3.26. The molecule has 1 aromatic heterocycles. The van der Waals surface area contributed by atoms with Gasteiger partial charge in [-0.2, -0.15) is 0 Å². The van der Waals surface area contributed by atoms with Gasteiger partial charge >= 0.3 is 11.8 Å². The van der Waals surface area contributed by atoms with E-state index >= 15 is 0 Å². The lowest BCUT2D eigenvalue weighted by molar-refractivity contribution is -0.139. The summed E-state index contributed by atoms with van der Waals surface area (Å²) in [6.45, 7) is 3.52. The molecule has 2 heterocycles. The van der Waals surface area contributed by atoms with Gasteiger partial charge in [-0.25, -0.2) is 0 Å². The maximum absolute atomic E-state index is 12.3. The zero-order valence-corrected chi connectivity index (χ0v) is 16.7. The molecule has 1 atom stereocenters. The number of ether oxygens (including phenoxy) is 2. The fourth-order valence-corrected chi connectivity index (χ4v) is 3.77. The molecule has 150 valence electrons. The summed E-state index contributed by atoms with van der Waals surface area (Å²) < 4.78 is 10.8. The maximum Gasteiger partial charge on any atom is 0.309 e. The van der Waals surface area contributed by atoms with Crippen LogP contribution in [0, 0.1) is 0 Å². The van der Waals surface area contributed by atoms with Crippen LogP contribution in [0.4, 0.5) is 0 Å². The number of amides is 2. The highest BCUT2D eigenvalue weighted by atomic mass is 32.1. The van der Waals surface area contributed by atoms with Crippen LogP contribution < -0.4 is 15.4 Å². The molecule has 1 fully saturated rings. The summed E-state index contributed by atoms with van der Waals surface area (Å²) in [4.78, 5) is 27.6. The normalized spacial score (nSPS) is 15.6. The van der Waals surface area contributed by atoms with Crippen molar-refractivity contribution >= 4 is 23.2 Å². The first kappa shape index (κ1) is 20.3. The SMILES string of the molecule is COc1cccc(C(CNC(=O)C(=O)NCc2cccs2)N2CCOCC2)c1. The molecule has 1 aromatic carbocycles. The van der Waals surface area contributed by atoms with Gasteiger partial charge in [0.15, 0.2) is 0 Å². The summed E-state index contributed by atoms with van der Waals surface area (Å²) in [5, 5.41) is 7.36. The number of benzene rings is 1. The molecule has 0 aliphatic carbocycles. The van der Waals surface area contributed by atoms with Crippen molar-refractivity contribution < 1.29 is 19.1 Å². The third-order valence-electron chi connectivity index (χ3n) is 4.63. The van der Waals surface area contributed by atoms with Crippen LogP contribution in [0.5, 0.6) is 5.75 Å². The van der Waals surface area contributed by atoms with E-state index in [1.54, 1.807) is 7.11 Å². The van der Waals surface area contributed by atoms with E-state index in [4.69, 9.17) is 9.47 Å². The molecule has 1 aliphatic rings. The zero-order valence-electron chi connectivity index (χ0n) is 15.8. The van der Waals surface area contributed by atoms with E-state index in [-0.39, 0.29) is 6.04 Å². The first-order chi connectivity index (χ1) is 13.7. The average molecular weight is 404 g/mol. The topological polar surface area (TPSA) is 79.9 Å². The van der Waals surface area contributed by atoms with Crippen LogP contribution in [0.3, 0.4) is 0 Å². The van der Waals surface area contributed by atoms with Gasteiger partial charge in [-0.1, -0.05) is 18.2 Å². The van der Waals surface area contributed by atoms with Crippen LogP contribution in [0.25, 0.3) is 0 Å². The summed E-state index contributed by atoms with van der Waals surface area (Å²) >= 11 is 1.54. The largest absolute Gasteiger partial charge is 0.497 e. The Morgan fingerprint density at radius 2 is 1.96 bits per heavy atom. The number of nitrogens with one attached hydrogen (secondary N) is 2. The van der Waals surface area contributed by atoms with Crippen molar-refractivity contribution in [3.63, 3.8) is 0 Å². The third kappa shape index (κ3) is 5.54. The molecule has 3 rings (SSSR count). The van der Waals surface area contributed by atoms with Gasteiger partial charge in [0.25, 0.3) is 0 Å². The van der Waals surface area contributed by atoms with Gasteiger partial charge in [-0.15, -0.1) is 11.3 Å². The molecule has 1 saturated heterocycles. The molecule has 28 heavy (non-hydrogen) atoms. The minimum Gasteiger partial charge on any atom is -0.497 e. The first-order valence-electron chi connectivity index (χ1n) is 9.21. The highest BCUT2D eigenvalue weighted by Crippen LogP contribution is 2.24. The summed E-state index contributed by atoms with van der Waals surface area (Å²) in [5.74, 6) is -0.492. The number of morpholine rings is 1. The molecule has 2 aromatic rings. The molecule has 2 amide bonds. The monoisotopic (exact) mass is 403 g/mol. The van der Waals surface area contributed by atoms with E-state index in [1.807, 2.05) is 41.8 Å². The van der Waals surface area contributed by atoms with Crippen molar-refractivity contribution in [1.82, 2.24) is 15.5 Å².